The Labute approximate surface area is 106 Å². The quantitative estimate of drug-likeness (QED) is 0.738. The summed E-state index contributed by atoms with van der Waals surface area (Å²) in [5, 5.41) is 1.17. The number of nitrogens with two attached hydrogens (primary N) is 1. The number of benzene rings is 2. The van der Waals surface area contributed by atoms with Crippen molar-refractivity contribution >= 4 is 10.9 Å². The average molecular weight is 234 g/mol. The van der Waals surface area contributed by atoms with Gasteiger partial charge in [-0.3, -0.25) is 4.98 Å². The van der Waals surface area contributed by atoms with Gasteiger partial charge in [-0.2, -0.15) is 0 Å². The summed E-state index contributed by atoms with van der Waals surface area (Å²) in [4.78, 5) is 4.39. The number of pyridine rings is 1. The number of hydrogen-bond acceptors (Lipinski definition) is 2. The molecule has 88 valence electrons. The minimum atomic E-state index is 0.548. The minimum Gasteiger partial charge on any atom is -0.326 e. The highest BCUT2D eigenvalue weighted by Crippen LogP contribution is 2.29. The van der Waals surface area contributed by atoms with Crippen LogP contribution >= 0.6 is 0 Å². The van der Waals surface area contributed by atoms with Crippen LogP contribution < -0.4 is 5.73 Å². The van der Waals surface area contributed by atoms with E-state index in [1.54, 1.807) is 0 Å². The second-order valence-electron chi connectivity index (χ2n) is 4.24. The molecule has 0 unspecified atom stereocenters. The summed E-state index contributed by atoms with van der Waals surface area (Å²) in [7, 11) is 0. The molecule has 0 bridgehead atoms. The lowest BCUT2D eigenvalue weighted by atomic mass is 9.97. The highest BCUT2D eigenvalue weighted by molar-refractivity contribution is 5.94. The first kappa shape index (κ1) is 10.9. The fourth-order valence-electron chi connectivity index (χ4n) is 2.29. The van der Waals surface area contributed by atoms with Crippen molar-refractivity contribution in [1.29, 1.82) is 0 Å². The molecule has 1 aromatic heterocycles. The largest absolute Gasteiger partial charge is 0.326 e. The third-order valence-electron chi connectivity index (χ3n) is 3.18. The van der Waals surface area contributed by atoms with Crippen molar-refractivity contribution in [3.05, 3.63) is 66.4 Å². The van der Waals surface area contributed by atoms with Crippen LogP contribution in [-0.2, 0) is 6.54 Å². The molecule has 0 fully saturated rings. The standard InChI is InChI=1S/C16H14N2/c17-11-12-5-1-2-6-13(12)14-9-10-18-16-8-4-3-7-15(14)16/h1-10H,11,17H2. The molecule has 0 saturated heterocycles. The van der Waals surface area contributed by atoms with Gasteiger partial charge in [0.25, 0.3) is 0 Å². The van der Waals surface area contributed by atoms with Gasteiger partial charge in [0.1, 0.15) is 0 Å². The molecule has 0 aliphatic carbocycles. The van der Waals surface area contributed by atoms with Crippen LogP contribution in [0.3, 0.4) is 0 Å². The molecule has 0 radical (unpaired) electrons. The first-order chi connectivity index (χ1) is 8.90. The van der Waals surface area contributed by atoms with Gasteiger partial charge in [-0.25, -0.2) is 0 Å². The van der Waals surface area contributed by atoms with Crippen LogP contribution in [0.4, 0.5) is 0 Å². The van der Waals surface area contributed by atoms with Crippen LogP contribution in [0.2, 0.25) is 0 Å². The fraction of sp³-hybridized carbons (Fsp3) is 0.0625. The molecule has 0 saturated carbocycles. The average Bonchev–Trinajstić information content (AvgIpc) is 2.46. The zero-order valence-electron chi connectivity index (χ0n) is 10.0. The van der Waals surface area contributed by atoms with Crippen LogP contribution in [0.5, 0.6) is 0 Å². The Bertz CT molecular complexity index is 684. The van der Waals surface area contributed by atoms with E-state index in [9.17, 15) is 0 Å². The van der Waals surface area contributed by atoms with E-state index >= 15 is 0 Å². The smallest absolute Gasteiger partial charge is 0.0708 e. The maximum atomic E-state index is 5.82. The summed E-state index contributed by atoms with van der Waals surface area (Å²) in [5.74, 6) is 0. The number of fused-ring (bicyclic) bond motifs is 1. The summed E-state index contributed by atoms with van der Waals surface area (Å²) < 4.78 is 0. The lowest BCUT2D eigenvalue weighted by Gasteiger charge is -2.10. The maximum Gasteiger partial charge on any atom is 0.0708 e. The predicted molar refractivity (Wildman–Crippen MR) is 75.1 cm³/mol. The fourth-order valence-corrected chi connectivity index (χ4v) is 2.29. The van der Waals surface area contributed by atoms with Crippen LogP contribution in [0.25, 0.3) is 22.0 Å². The Morgan fingerprint density at radius 2 is 1.61 bits per heavy atom. The van der Waals surface area contributed by atoms with Gasteiger partial charge in [0.15, 0.2) is 0 Å². The number of aromatic nitrogens is 1. The summed E-state index contributed by atoms with van der Waals surface area (Å²) in [5.41, 5.74) is 10.4. The molecular formula is C16H14N2. The lowest BCUT2D eigenvalue weighted by molar-refractivity contribution is 1.07. The molecule has 2 aromatic carbocycles. The minimum absolute atomic E-state index is 0.548. The Morgan fingerprint density at radius 3 is 2.50 bits per heavy atom. The molecule has 3 aromatic rings. The van der Waals surface area contributed by atoms with Crippen molar-refractivity contribution in [1.82, 2.24) is 4.98 Å². The van der Waals surface area contributed by atoms with Gasteiger partial charge in [-0.05, 0) is 28.8 Å². The Morgan fingerprint density at radius 1 is 0.833 bits per heavy atom. The van der Waals surface area contributed by atoms with Gasteiger partial charge in [0.05, 0.1) is 5.52 Å². The monoisotopic (exact) mass is 234 g/mol. The van der Waals surface area contributed by atoms with Crippen LogP contribution in [0.15, 0.2) is 60.8 Å². The topological polar surface area (TPSA) is 38.9 Å². The summed E-state index contributed by atoms with van der Waals surface area (Å²) in [6, 6.07) is 18.5. The first-order valence-corrected chi connectivity index (χ1v) is 6.02. The predicted octanol–water partition coefficient (Wildman–Crippen LogP) is 3.36. The van der Waals surface area contributed by atoms with E-state index in [0.717, 1.165) is 11.1 Å². The Kier molecular flexibility index (Phi) is 2.79. The zero-order chi connectivity index (χ0) is 12.4. The second kappa shape index (κ2) is 4.59. The van der Waals surface area contributed by atoms with E-state index in [0.29, 0.717) is 6.54 Å². The third-order valence-corrected chi connectivity index (χ3v) is 3.18. The molecule has 2 N–H and O–H groups in total. The van der Waals surface area contributed by atoms with Gasteiger partial charge in [0, 0.05) is 18.1 Å². The molecule has 0 aliphatic heterocycles. The molecule has 2 nitrogen and oxygen atoms in total. The summed E-state index contributed by atoms with van der Waals surface area (Å²) in [6.07, 6.45) is 1.85. The normalized spacial score (nSPS) is 10.7. The molecule has 18 heavy (non-hydrogen) atoms. The molecule has 3 rings (SSSR count). The van der Waals surface area contributed by atoms with E-state index in [1.165, 1.54) is 16.5 Å². The van der Waals surface area contributed by atoms with E-state index in [-0.39, 0.29) is 0 Å². The lowest BCUT2D eigenvalue weighted by Crippen LogP contribution is -1.98. The van der Waals surface area contributed by atoms with Crippen LogP contribution in [-0.4, -0.2) is 4.98 Å². The van der Waals surface area contributed by atoms with Crippen molar-refractivity contribution in [2.45, 2.75) is 6.54 Å². The number of hydrogen-bond donors (Lipinski definition) is 1. The van der Waals surface area contributed by atoms with Gasteiger partial charge >= 0.3 is 0 Å². The molecule has 0 amide bonds. The molecule has 0 spiro atoms. The van der Waals surface area contributed by atoms with E-state index in [1.807, 2.05) is 36.5 Å². The van der Waals surface area contributed by atoms with Gasteiger partial charge < -0.3 is 5.73 Å². The van der Waals surface area contributed by atoms with Gasteiger partial charge in [0.2, 0.25) is 0 Å². The van der Waals surface area contributed by atoms with Gasteiger partial charge in [-0.1, -0.05) is 42.5 Å². The van der Waals surface area contributed by atoms with Crippen LogP contribution in [0.1, 0.15) is 5.56 Å². The Balaban J connectivity index is 2.32. The van der Waals surface area contributed by atoms with E-state index < -0.39 is 0 Å². The van der Waals surface area contributed by atoms with Crippen molar-refractivity contribution in [2.24, 2.45) is 5.73 Å². The van der Waals surface area contributed by atoms with E-state index in [2.05, 4.69) is 29.2 Å². The third kappa shape index (κ3) is 1.77. The maximum absolute atomic E-state index is 5.82. The second-order valence-corrected chi connectivity index (χ2v) is 4.24. The van der Waals surface area contributed by atoms with Crippen molar-refractivity contribution in [3.8, 4) is 11.1 Å². The van der Waals surface area contributed by atoms with E-state index in [4.69, 9.17) is 5.73 Å². The molecule has 1 heterocycles. The highest BCUT2D eigenvalue weighted by Gasteiger charge is 2.07. The SMILES string of the molecule is NCc1ccccc1-c1ccnc2ccccc12. The number of para-hydroxylation sites is 1. The Hall–Kier alpha value is -2.19. The highest BCUT2D eigenvalue weighted by atomic mass is 14.6. The number of nitrogens with zero attached hydrogens (tertiary/aromatic N) is 1. The molecular weight excluding hydrogens is 220 g/mol. The van der Waals surface area contributed by atoms with Crippen molar-refractivity contribution < 1.29 is 0 Å². The van der Waals surface area contributed by atoms with Gasteiger partial charge in [-0.15, -0.1) is 0 Å². The number of rotatable bonds is 2. The molecule has 0 aliphatic rings. The summed E-state index contributed by atoms with van der Waals surface area (Å²) >= 11 is 0. The molecule has 0 atom stereocenters. The van der Waals surface area contributed by atoms with Crippen LogP contribution in [0, 0.1) is 0 Å². The first-order valence-electron chi connectivity index (χ1n) is 6.02. The zero-order valence-corrected chi connectivity index (χ0v) is 10.0. The van der Waals surface area contributed by atoms with Crippen molar-refractivity contribution in [3.63, 3.8) is 0 Å². The molecule has 2 heteroatoms. The van der Waals surface area contributed by atoms with Crippen molar-refractivity contribution in [2.75, 3.05) is 0 Å². The summed E-state index contributed by atoms with van der Waals surface area (Å²) in [6.45, 7) is 0.548.